The molecular weight excluding hydrogens is 190 g/mol. The lowest BCUT2D eigenvalue weighted by Gasteiger charge is -2.38. The third-order valence-electron chi connectivity index (χ3n) is 3.27. The molecule has 1 aliphatic rings. The van der Waals surface area contributed by atoms with Crippen molar-refractivity contribution in [3.8, 4) is 0 Å². The zero-order valence-electron chi connectivity index (χ0n) is 9.78. The lowest BCUT2D eigenvalue weighted by Crippen LogP contribution is -2.51. The van der Waals surface area contributed by atoms with E-state index in [1.165, 1.54) is 12.8 Å². The first-order chi connectivity index (χ1) is 7.02. The van der Waals surface area contributed by atoms with E-state index in [-0.39, 0.29) is 17.9 Å². The van der Waals surface area contributed by atoms with E-state index >= 15 is 0 Å². The highest BCUT2D eigenvalue weighted by Crippen LogP contribution is 2.20. The molecule has 1 aliphatic heterocycles. The van der Waals surface area contributed by atoms with E-state index in [9.17, 15) is 4.79 Å². The van der Waals surface area contributed by atoms with Crippen LogP contribution in [0.1, 0.15) is 33.1 Å². The zero-order chi connectivity index (χ0) is 11.4. The minimum atomic E-state index is -0.219. The summed E-state index contributed by atoms with van der Waals surface area (Å²) < 4.78 is 0. The van der Waals surface area contributed by atoms with E-state index in [0.29, 0.717) is 6.04 Å². The second-order valence-electron chi connectivity index (χ2n) is 4.72. The van der Waals surface area contributed by atoms with Crippen molar-refractivity contribution >= 4 is 5.91 Å². The van der Waals surface area contributed by atoms with Crippen LogP contribution >= 0.6 is 0 Å². The molecule has 4 N–H and O–H groups in total. The molecule has 0 aromatic rings. The summed E-state index contributed by atoms with van der Waals surface area (Å²) in [6, 6.07) is 0.589. The van der Waals surface area contributed by atoms with E-state index in [4.69, 9.17) is 11.5 Å². The van der Waals surface area contributed by atoms with Crippen molar-refractivity contribution in [3.05, 3.63) is 0 Å². The molecule has 1 rings (SSSR count). The summed E-state index contributed by atoms with van der Waals surface area (Å²) in [5.41, 5.74) is 11.2. The summed E-state index contributed by atoms with van der Waals surface area (Å²) >= 11 is 0. The van der Waals surface area contributed by atoms with Gasteiger partial charge in [-0.3, -0.25) is 9.69 Å². The number of hydrogen-bond donors (Lipinski definition) is 2. The normalized spacial score (nSPS) is 27.3. The van der Waals surface area contributed by atoms with Crippen molar-refractivity contribution in [1.82, 2.24) is 4.90 Å². The zero-order valence-corrected chi connectivity index (χ0v) is 9.78. The van der Waals surface area contributed by atoms with Crippen LogP contribution in [0.2, 0.25) is 0 Å². The topological polar surface area (TPSA) is 72.3 Å². The predicted octanol–water partition coefficient (Wildman–Crippen LogP) is 0.310. The number of carbonyl (C=O) groups is 1. The number of primary amides is 1. The third kappa shape index (κ3) is 3.47. The van der Waals surface area contributed by atoms with Crippen LogP contribution in [0.5, 0.6) is 0 Å². The number of carbonyl (C=O) groups excluding carboxylic acids is 1. The van der Waals surface area contributed by atoms with Crippen molar-refractivity contribution in [1.29, 1.82) is 0 Å². The average molecular weight is 213 g/mol. The minimum Gasteiger partial charge on any atom is -0.369 e. The minimum absolute atomic E-state index is 0.0793. The van der Waals surface area contributed by atoms with Gasteiger partial charge in [-0.15, -0.1) is 0 Å². The van der Waals surface area contributed by atoms with Gasteiger partial charge in [-0.25, -0.2) is 0 Å². The van der Waals surface area contributed by atoms with Crippen LogP contribution in [0.25, 0.3) is 0 Å². The van der Waals surface area contributed by atoms with E-state index in [0.717, 1.165) is 19.5 Å². The SMILES string of the molecule is CC(CN1CCCCC1C(C)N)C(N)=O. The standard InChI is InChI=1S/C11H23N3O/c1-8(11(13)15)7-14-6-4-3-5-10(14)9(2)12/h8-10H,3-7,12H2,1-2H3,(H2,13,15). The Hall–Kier alpha value is -0.610. The molecular formula is C11H23N3O. The van der Waals surface area contributed by atoms with Gasteiger partial charge in [0.05, 0.1) is 0 Å². The number of amides is 1. The predicted molar refractivity (Wildman–Crippen MR) is 61.2 cm³/mol. The van der Waals surface area contributed by atoms with Crippen LogP contribution < -0.4 is 11.5 Å². The number of hydrogen-bond acceptors (Lipinski definition) is 3. The summed E-state index contributed by atoms with van der Waals surface area (Å²) in [5, 5.41) is 0. The molecule has 0 spiro atoms. The third-order valence-corrected chi connectivity index (χ3v) is 3.27. The second-order valence-corrected chi connectivity index (χ2v) is 4.72. The first-order valence-electron chi connectivity index (χ1n) is 5.81. The van der Waals surface area contributed by atoms with Gasteiger partial charge in [0.25, 0.3) is 0 Å². The first-order valence-corrected chi connectivity index (χ1v) is 5.81. The Morgan fingerprint density at radius 1 is 1.47 bits per heavy atom. The number of likely N-dealkylation sites (tertiary alicyclic amines) is 1. The molecule has 1 saturated heterocycles. The maximum atomic E-state index is 11.0. The second kappa shape index (κ2) is 5.47. The van der Waals surface area contributed by atoms with E-state index < -0.39 is 0 Å². The average Bonchev–Trinajstić information content (AvgIpc) is 2.18. The lowest BCUT2D eigenvalue weighted by atomic mass is 9.95. The molecule has 0 aliphatic carbocycles. The summed E-state index contributed by atoms with van der Waals surface area (Å²) in [4.78, 5) is 13.3. The number of nitrogens with zero attached hydrogens (tertiary/aromatic N) is 1. The Bertz CT molecular complexity index is 218. The van der Waals surface area contributed by atoms with Crippen molar-refractivity contribution in [2.75, 3.05) is 13.1 Å². The van der Waals surface area contributed by atoms with Gasteiger partial charge in [-0.1, -0.05) is 13.3 Å². The number of nitrogens with two attached hydrogens (primary N) is 2. The van der Waals surface area contributed by atoms with Crippen molar-refractivity contribution in [3.63, 3.8) is 0 Å². The molecule has 15 heavy (non-hydrogen) atoms. The summed E-state index contributed by atoms with van der Waals surface area (Å²) in [6.45, 7) is 5.72. The summed E-state index contributed by atoms with van der Waals surface area (Å²) in [6.07, 6.45) is 3.59. The fourth-order valence-corrected chi connectivity index (χ4v) is 2.28. The molecule has 4 nitrogen and oxygen atoms in total. The van der Waals surface area contributed by atoms with Crippen molar-refractivity contribution in [2.24, 2.45) is 17.4 Å². The monoisotopic (exact) mass is 213 g/mol. The Labute approximate surface area is 92.0 Å². The van der Waals surface area contributed by atoms with Crippen LogP contribution in [0.4, 0.5) is 0 Å². The molecule has 3 atom stereocenters. The molecule has 0 aromatic carbocycles. The Morgan fingerprint density at radius 3 is 2.67 bits per heavy atom. The molecule has 0 saturated carbocycles. The molecule has 4 heteroatoms. The van der Waals surface area contributed by atoms with Gasteiger partial charge in [0.1, 0.15) is 0 Å². The Morgan fingerprint density at radius 2 is 2.13 bits per heavy atom. The van der Waals surface area contributed by atoms with Crippen molar-refractivity contribution < 1.29 is 4.79 Å². The van der Waals surface area contributed by atoms with Crippen LogP contribution in [0, 0.1) is 5.92 Å². The van der Waals surface area contributed by atoms with Gasteiger partial charge >= 0.3 is 0 Å². The summed E-state index contributed by atoms with van der Waals surface area (Å²) in [5.74, 6) is -0.298. The van der Waals surface area contributed by atoms with E-state index in [2.05, 4.69) is 4.90 Å². The summed E-state index contributed by atoms with van der Waals surface area (Å²) in [7, 11) is 0. The largest absolute Gasteiger partial charge is 0.369 e. The van der Waals surface area contributed by atoms with Crippen LogP contribution in [0.3, 0.4) is 0 Å². The molecule has 0 radical (unpaired) electrons. The molecule has 0 bridgehead atoms. The maximum absolute atomic E-state index is 11.0. The number of piperidine rings is 1. The van der Waals surface area contributed by atoms with E-state index in [1.54, 1.807) is 0 Å². The first kappa shape index (κ1) is 12.5. The molecule has 1 heterocycles. The van der Waals surface area contributed by atoms with Crippen LogP contribution in [-0.4, -0.2) is 36.0 Å². The van der Waals surface area contributed by atoms with Crippen molar-refractivity contribution in [2.45, 2.75) is 45.2 Å². The Kier molecular flexibility index (Phi) is 4.54. The highest BCUT2D eigenvalue weighted by molar-refractivity contribution is 5.76. The van der Waals surface area contributed by atoms with Gasteiger partial charge in [-0.05, 0) is 26.3 Å². The molecule has 1 amide bonds. The smallest absolute Gasteiger partial charge is 0.221 e. The van der Waals surface area contributed by atoms with E-state index in [1.807, 2.05) is 13.8 Å². The van der Waals surface area contributed by atoms with Gasteiger partial charge < -0.3 is 11.5 Å². The van der Waals surface area contributed by atoms with Crippen LogP contribution in [-0.2, 0) is 4.79 Å². The lowest BCUT2D eigenvalue weighted by molar-refractivity contribution is -0.122. The van der Waals surface area contributed by atoms with Gasteiger partial charge in [0.2, 0.25) is 5.91 Å². The highest BCUT2D eigenvalue weighted by Gasteiger charge is 2.27. The van der Waals surface area contributed by atoms with Gasteiger partial charge in [0, 0.05) is 24.5 Å². The van der Waals surface area contributed by atoms with Gasteiger partial charge in [0.15, 0.2) is 0 Å². The fourth-order valence-electron chi connectivity index (χ4n) is 2.28. The Balaban J connectivity index is 2.53. The number of rotatable bonds is 4. The quantitative estimate of drug-likeness (QED) is 0.706. The fraction of sp³-hybridized carbons (Fsp3) is 0.909. The molecule has 0 aromatic heterocycles. The molecule has 3 unspecified atom stereocenters. The van der Waals surface area contributed by atoms with Gasteiger partial charge in [-0.2, -0.15) is 0 Å². The molecule has 88 valence electrons. The highest BCUT2D eigenvalue weighted by atomic mass is 16.1. The molecule has 1 fully saturated rings. The van der Waals surface area contributed by atoms with Crippen LogP contribution in [0.15, 0.2) is 0 Å². The maximum Gasteiger partial charge on any atom is 0.221 e.